The molecule has 0 spiro atoms. The SMILES string of the molecule is CSC(C)CNc1ccccc1C#N. The van der Waals surface area contributed by atoms with Gasteiger partial charge in [0.25, 0.3) is 0 Å². The maximum absolute atomic E-state index is 8.85. The molecule has 0 bridgehead atoms. The Labute approximate surface area is 89.3 Å². The van der Waals surface area contributed by atoms with Crippen molar-refractivity contribution in [2.75, 3.05) is 18.1 Å². The van der Waals surface area contributed by atoms with Crippen molar-refractivity contribution in [3.63, 3.8) is 0 Å². The Hall–Kier alpha value is -1.14. The fourth-order valence-electron chi connectivity index (χ4n) is 1.07. The summed E-state index contributed by atoms with van der Waals surface area (Å²) in [5, 5.41) is 12.7. The Balaban J connectivity index is 2.63. The second-order valence-electron chi connectivity index (χ2n) is 3.08. The van der Waals surface area contributed by atoms with Crippen LogP contribution in [0.5, 0.6) is 0 Å². The summed E-state index contributed by atoms with van der Waals surface area (Å²) in [6.45, 7) is 3.05. The van der Waals surface area contributed by atoms with E-state index in [1.54, 1.807) is 0 Å². The summed E-state index contributed by atoms with van der Waals surface area (Å²) in [5.74, 6) is 0. The van der Waals surface area contributed by atoms with Crippen molar-refractivity contribution in [1.82, 2.24) is 0 Å². The highest BCUT2D eigenvalue weighted by atomic mass is 32.2. The van der Waals surface area contributed by atoms with Crippen LogP contribution in [-0.4, -0.2) is 18.1 Å². The summed E-state index contributed by atoms with van der Waals surface area (Å²) in [7, 11) is 0. The van der Waals surface area contributed by atoms with Gasteiger partial charge in [0.1, 0.15) is 6.07 Å². The number of nitriles is 1. The number of thioether (sulfide) groups is 1. The normalized spacial score (nSPS) is 11.8. The molecule has 1 rings (SSSR count). The third kappa shape index (κ3) is 2.97. The smallest absolute Gasteiger partial charge is 0.101 e. The third-order valence-corrected chi connectivity index (χ3v) is 3.00. The van der Waals surface area contributed by atoms with Crippen LogP contribution in [0.3, 0.4) is 0 Å². The lowest BCUT2D eigenvalue weighted by atomic mass is 10.2. The van der Waals surface area contributed by atoms with E-state index in [1.807, 2.05) is 36.0 Å². The lowest BCUT2D eigenvalue weighted by Crippen LogP contribution is -2.13. The van der Waals surface area contributed by atoms with Crippen LogP contribution < -0.4 is 5.32 Å². The molecule has 0 fully saturated rings. The maximum Gasteiger partial charge on any atom is 0.101 e. The summed E-state index contributed by atoms with van der Waals surface area (Å²) >= 11 is 1.81. The van der Waals surface area contributed by atoms with Crippen LogP contribution in [0.25, 0.3) is 0 Å². The molecule has 1 unspecified atom stereocenters. The lowest BCUT2D eigenvalue weighted by Gasteiger charge is -2.11. The minimum atomic E-state index is 0.557. The van der Waals surface area contributed by atoms with Crippen molar-refractivity contribution in [3.8, 4) is 6.07 Å². The first-order valence-electron chi connectivity index (χ1n) is 4.53. The van der Waals surface area contributed by atoms with E-state index >= 15 is 0 Å². The molecule has 0 aliphatic heterocycles. The fourth-order valence-corrected chi connectivity index (χ4v) is 1.32. The lowest BCUT2D eigenvalue weighted by molar-refractivity contribution is 1.00. The van der Waals surface area contributed by atoms with Gasteiger partial charge in [-0.2, -0.15) is 17.0 Å². The van der Waals surface area contributed by atoms with Gasteiger partial charge in [-0.3, -0.25) is 0 Å². The average Bonchev–Trinajstić information content (AvgIpc) is 2.26. The van der Waals surface area contributed by atoms with Crippen LogP contribution >= 0.6 is 11.8 Å². The van der Waals surface area contributed by atoms with Crippen LogP contribution in [0.15, 0.2) is 24.3 Å². The molecule has 0 amide bonds. The third-order valence-electron chi connectivity index (χ3n) is 2.03. The van der Waals surface area contributed by atoms with Crippen LogP contribution in [-0.2, 0) is 0 Å². The van der Waals surface area contributed by atoms with E-state index in [0.29, 0.717) is 10.8 Å². The predicted molar refractivity (Wildman–Crippen MR) is 62.6 cm³/mol. The highest BCUT2D eigenvalue weighted by Crippen LogP contribution is 2.14. The molecule has 0 aromatic heterocycles. The van der Waals surface area contributed by atoms with Crippen molar-refractivity contribution >= 4 is 17.4 Å². The van der Waals surface area contributed by atoms with Crippen molar-refractivity contribution in [2.24, 2.45) is 0 Å². The first-order valence-corrected chi connectivity index (χ1v) is 5.82. The summed E-state index contributed by atoms with van der Waals surface area (Å²) in [5.41, 5.74) is 1.64. The molecule has 3 heteroatoms. The van der Waals surface area contributed by atoms with Gasteiger partial charge in [0.2, 0.25) is 0 Å². The highest BCUT2D eigenvalue weighted by Gasteiger charge is 2.02. The number of para-hydroxylation sites is 1. The molecule has 2 nitrogen and oxygen atoms in total. The molecule has 0 heterocycles. The molecule has 1 N–H and O–H groups in total. The summed E-state index contributed by atoms with van der Waals surface area (Å²) < 4.78 is 0. The van der Waals surface area contributed by atoms with Gasteiger partial charge in [0.15, 0.2) is 0 Å². The Morgan fingerprint density at radius 3 is 2.86 bits per heavy atom. The first-order chi connectivity index (χ1) is 6.77. The Morgan fingerprint density at radius 2 is 2.21 bits per heavy atom. The van der Waals surface area contributed by atoms with Gasteiger partial charge in [0, 0.05) is 11.8 Å². The minimum absolute atomic E-state index is 0.557. The molecule has 74 valence electrons. The molecule has 0 radical (unpaired) electrons. The maximum atomic E-state index is 8.85. The van der Waals surface area contributed by atoms with Crippen molar-refractivity contribution < 1.29 is 0 Å². The number of anilines is 1. The Morgan fingerprint density at radius 1 is 1.50 bits per heavy atom. The quantitative estimate of drug-likeness (QED) is 0.822. The monoisotopic (exact) mass is 206 g/mol. The van der Waals surface area contributed by atoms with Crippen molar-refractivity contribution in [1.29, 1.82) is 5.26 Å². The largest absolute Gasteiger partial charge is 0.383 e. The van der Waals surface area contributed by atoms with Crippen LogP contribution in [0, 0.1) is 11.3 Å². The van der Waals surface area contributed by atoms with E-state index in [4.69, 9.17) is 5.26 Å². The van der Waals surface area contributed by atoms with Crippen LogP contribution in [0.2, 0.25) is 0 Å². The second-order valence-corrected chi connectivity index (χ2v) is 4.36. The number of nitrogens with one attached hydrogen (secondary N) is 1. The topological polar surface area (TPSA) is 35.8 Å². The Bertz CT molecular complexity index is 330. The van der Waals surface area contributed by atoms with Gasteiger partial charge >= 0.3 is 0 Å². The fraction of sp³-hybridized carbons (Fsp3) is 0.364. The molecule has 1 aromatic rings. The number of rotatable bonds is 4. The van der Waals surface area contributed by atoms with E-state index in [9.17, 15) is 0 Å². The molecular weight excluding hydrogens is 192 g/mol. The molecule has 1 aromatic carbocycles. The van der Waals surface area contributed by atoms with Crippen LogP contribution in [0.4, 0.5) is 5.69 Å². The van der Waals surface area contributed by atoms with E-state index in [1.165, 1.54) is 0 Å². The van der Waals surface area contributed by atoms with Crippen molar-refractivity contribution in [3.05, 3.63) is 29.8 Å². The van der Waals surface area contributed by atoms with Crippen LogP contribution in [0.1, 0.15) is 12.5 Å². The number of nitrogens with zero attached hydrogens (tertiary/aromatic N) is 1. The standard InChI is InChI=1S/C11H14N2S/c1-9(14-2)8-13-11-6-4-3-5-10(11)7-12/h3-6,9,13H,8H2,1-2H3. The van der Waals surface area contributed by atoms with E-state index in [0.717, 1.165) is 12.2 Å². The average molecular weight is 206 g/mol. The molecular formula is C11H14N2S. The van der Waals surface area contributed by atoms with Gasteiger partial charge < -0.3 is 5.32 Å². The number of hydrogen-bond acceptors (Lipinski definition) is 3. The zero-order valence-electron chi connectivity index (χ0n) is 8.45. The molecule has 0 saturated heterocycles. The van der Waals surface area contributed by atoms with E-state index < -0.39 is 0 Å². The summed E-state index contributed by atoms with van der Waals surface area (Å²) in [6, 6.07) is 9.74. The zero-order chi connectivity index (χ0) is 10.4. The molecule has 0 aliphatic rings. The Kier molecular flexibility index (Phi) is 4.34. The summed E-state index contributed by atoms with van der Waals surface area (Å²) in [6.07, 6.45) is 2.09. The van der Waals surface area contributed by atoms with Gasteiger partial charge in [-0.1, -0.05) is 19.1 Å². The molecule has 14 heavy (non-hydrogen) atoms. The summed E-state index contributed by atoms with van der Waals surface area (Å²) in [4.78, 5) is 0. The number of benzene rings is 1. The second kappa shape index (κ2) is 5.56. The highest BCUT2D eigenvalue weighted by molar-refractivity contribution is 7.99. The van der Waals surface area contributed by atoms with E-state index in [2.05, 4.69) is 24.6 Å². The molecule has 1 atom stereocenters. The van der Waals surface area contributed by atoms with Gasteiger partial charge in [-0.05, 0) is 18.4 Å². The predicted octanol–water partition coefficient (Wildman–Crippen LogP) is 2.72. The zero-order valence-corrected chi connectivity index (χ0v) is 9.27. The molecule has 0 saturated carbocycles. The minimum Gasteiger partial charge on any atom is -0.383 e. The van der Waals surface area contributed by atoms with Gasteiger partial charge in [-0.25, -0.2) is 0 Å². The van der Waals surface area contributed by atoms with E-state index in [-0.39, 0.29) is 0 Å². The van der Waals surface area contributed by atoms with Gasteiger partial charge in [0.05, 0.1) is 11.3 Å². The number of hydrogen-bond donors (Lipinski definition) is 1. The first kappa shape index (κ1) is 10.9. The molecule has 0 aliphatic carbocycles. The van der Waals surface area contributed by atoms with Crippen molar-refractivity contribution in [2.45, 2.75) is 12.2 Å². The van der Waals surface area contributed by atoms with Gasteiger partial charge in [-0.15, -0.1) is 0 Å².